The summed E-state index contributed by atoms with van der Waals surface area (Å²) in [5, 5.41) is 12.4. The normalized spacial score (nSPS) is 10.2. The molecule has 0 fully saturated rings. The molecule has 104 valence electrons. The van der Waals surface area contributed by atoms with Gasteiger partial charge in [-0.15, -0.1) is 0 Å². The highest BCUT2D eigenvalue weighted by Crippen LogP contribution is 2.27. The second-order valence-corrected chi connectivity index (χ2v) is 4.59. The van der Waals surface area contributed by atoms with Crippen LogP contribution in [0.1, 0.15) is 21.5 Å². The number of aryl methyl sites for hydroxylation is 1. The third kappa shape index (κ3) is 2.74. The fraction of sp³-hybridized carbons (Fsp3) is 0.188. The molecule has 0 aliphatic rings. The number of benzene rings is 2. The number of hydrogen-bond acceptors (Lipinski definition) is 3. The first-order valence-electron chi connectivity index (χ1n) is 6.27. The van der Waals surface area contributed by atoms with Crippen LogP contribution in [0.25, 0.3) is 0 Å². The number of nitrogens with one attached hydrogen (secondary N) is 1. The van der Waals surface area contributed by atoms with Crippen LogP contribution >= 0.6 is 0 Å². The van der Waals surface area contributed by atoms with Crippen molar-refractivity contribution in [1.82, 2.24) is 0 Å². The topological polar surface area (TPSA) is 58.6 Å². The largest absolute Gasteiger partial charge is 0.504 e. The lowest BCUT2D eigenvalue weighted by atomic mass is 10.1. The number of rotatable bonds is 3. The molecule has 0 saturated carbocycles. The van der Waals surface area contributed by atoms with Crippen LogP contribution in [-0.4, -0.2) is 18.1 Å². The molecule has 0 saturated heterocycles. The molecule has 1 amide bonds. The number of phenols is 1. The van der Waals surface area contributed by atoms with E-state index < -0.39 is 0 Å². The second-order valence-electron chi connectivity index (χ2n) is 4.59. The summed E-state index contributed by atoms with van der Waals surface area (Å²) in [6.45, 7) is 3.96. The summed E-state index contributed by atoms with van der Waals surface area (Å²) in [4.78, 5) is 12.2. The summed E-state index contributed by atoms with van der Waals surface area (Å²) in [7, 11) is 1.45. The first-order valence-corrected chi connectivity index (χ1v) is 6.27. The Balaban J connectivity index is 2.26. The molecule has 2 aromatic carbocycles. The third-order valence-electron chi connectivity index (χ3n) is 3.29. The van der Waals surface area contributed by atoms with E-state index in [-0.39, 0.29) is 17.4 Å². The zero-order chi connectivity index (χ0) is 14.7. The fourth-order valence-electron chi connectivity index (χ4n) is 1.90. The summed E-state index contributed by atoms with van der Waals surface area (Å²) >= 11 is 0. The van der Waals surface area contributed by atoms with Gasteiger partial charge in [0.25, 0.3) is 5.91 Å². The van der Waals surface area contributed by atoms with E-state index in [4.69, 9.17) is 4.74 Å². The zero-order valence-electron chi connectivity index (χ0n) is 11.7. The highest BCUT2D eigenvalue weighted by molar-refractivity contribution is 6.05. The molecule has 2 rings (SSSR count). The summed E-state index contributed by atoms with van der Waals surface area (Å²) < 4.78 is 5.00. The summed E-state index contributed by atoms with van der Waals surface area (Å²) in [6.07, 6.45) is 0. The van der Waals surface area contributed by atoms with Gasteiger partial charge in [-0.1, -0.05) is 12.1 Å². The molecule has 0 radical (unpaired) electrons. The van der Waals surface area contributed by atoms with Crippen LogP contribution in [0.3, 0.4) is 0 Å². The third-order valence-corrected chi connectivity index (χ3v) is 3.29. The molecule has 2 N–H and O–H groups in total. The summed E-state index contributed by atoms with van der Waals surface area (Å²) in [5.74, 6) is 0.0476. The minimum Gasteiger partial charge on any atom is -0.504 e. The van der Waals surface area contributed by atoms with E-state index in [0.29, 0.717) is 5.56 Å². The molecule has 0 aliphatic carbocycles. The van der Waals surface area contributed by atoms with Crippen molar-refractivity contribution in [3.8, 4) is 11.5 Å². The number of hydrogen-bond donors (Lipinski definition) is 2. The van der Waals surface area contributed by atoms with Crippen LogP contribution in [0.15, 0.2) is 36.4 Å². The van der Waals surface area contributed by atoms with Gasteiger partial charge in [-0.2, -0.15) is 0 Å². The van der Waals surface area contributed by atoms with Crippen LogP contribution in [0, 0.1) is 13.8 Å². The molecule has 0 aromatic heterocycles. The maximum Gasteiger partial charge on any atom is 0.255 e. The Hall–Kier alpha value is -2.49. The molecule has 0 bridgehead atoms. The van der Waals surface area contributed by atoms with Gasteiger partial charge in [0.1, 0.15) is 0 Å². The van der Waals surface area contributed by atoms with E-state index in [1.54, 1.807) is 6.07 Å². The van der Waals surface area contributed by atoms with Crippen molar-refractivity contribution in [2.24, 2.45) is 0 Å². The van der Waals surface area contributed by atoms with E-state index >= 15 is 0 Å². The van der Waals surface area contributed by atoms with Crippen LogP contribution in [0.4, 0.5) is 5.69 Å². The van der Waals surface area contributed by atoms with Gasteiger partial charge in [-0.3, -0.25) is 4.79 Å². The lowest BCUT2D eigenvalue weighted by Crippen LogP contribution is -2.13. The van der Waals surface area contributed by atoms with E-state index in [1.165, 1.54) is 19.2 Å². The molecule has 0 atom stereocenters. The quantitative estimate of drug-likeness (QED) is 0.900. The average Bonchev–Trinajstić information content (AvgIpc) is 2.44. The predicted octanol–water partition coefficient (Wildman–Crippen LogP) is 3.27. The van der Waals surface area contributed by atoms with Crippen molar-refractivity contribution in [2.75, 3.05) is 12.4 Å². The van der Waals surface area contributed by atoms with Gasteiger partial charge >= 0.3 is 0 Å². The van der Waals surface area contributed by atoms with Crippen molar-refractivity contribution in [3.63, 3.8) is 0 Å². The Morgan fingerprint density at radius 1 is 1.20 bits per heavy atom. The predicted molar refractivity (Wildman–Crippen MR) is 78.5 cm³/mol. The molecule has 2 aromatic rings. The van der Waals surface area contributed by atoms with Crippen molar-refractivity contribution < 1.29 is 14.6 Å². The lowest BCUT2D eigenvalue weighted by molar-refractivity contribution is 0.102. The summed E-state index contributed by atoms with van der Waals surface area (Å²) in [6, 6.07) is 10.3. The molecule has 20 heavy (non-hydrogen) atoms. The Morgan fingerprint density at radius 2 is 1.95 bits per heavy atom. The van der Waals surface area contributed by atoms with E-state index in [1.807, 2.05) is 32.0 Å². The molecular formula is C16H17NO3. The van der Waals surface area contributed by atoms with Gasteiger partial charge in [-0.05, 0) is 49.2 Å². The minimum absolute atomic E-state index is 0.00999. The highest BCUT2D eigenvalue weighted by atomic mass is 16.5. The van der Waals surface area contributed by atoms with Gasteiger partial charge in [0.05, 0.1) is 7.11 Å². The number of carbonyl (C=O) groups is 1. The van der Waals surface area contributed by atoms with Crippen LogP contribution in [-0.2, 0) is 0 Å². The van der Waals surface area contributed by atoms with Crippen molar-refractivity contribution in [2.45, 2.75) is 13.8 Å². The van der Waals surface area contributed by atoms with Crippen LogP contribution in [0.2, 0.25) is 0 Å². The zero-order valence-corrected chi connectivity index (χ0v) is 11.7. The maximum atomic E-state index is 12.2. The fourth-order valence-corrected chi connectivity index (χ4v) is 1.90. The SMILES string of the molecule is COc1cc(C(=O)Nc2cccc(C)c2C)ccc1O. The van der Waals surface area contributed by atoms with Gasteiger partial charge in [0.15, 0.2) is 11.5 Å². The smallest absolute Gasteiger partial charge is 0.255 e. The molecule has 0 spiro atoms. The molecule has 0 unspecified atom stereocenters. The van der Waals surface area contributed by atoms with Gasteiger partial charge < -0.3 is 15.2 Å². The van der Waals surface area contributed by atoms with E-state index in [0.717, 1.165) is 16.8 Å². The minimum atomic E-state index is -0.239. The number of methoxy groups -OCH3 is 1. The Morgan fingerprint density at radius 3 is 2.65 bits per heavy atom. The number of aromatic hydroxyl groups is 1. The standard InChI is InChI=1S/C16H17NO3/c1-10-5-4-6-13(11(10)2)17-16(19)12-7-8-14(18)15(9-12)20-3/h4-9,18H,1-3H3,(H,17,19). The molecule has 4 heteroatoms. The Bertz CT molecular complexity index is 650. The van der Waals surface area contributed by atoms with Crippen molar-refractivity contribution >= 4 is 11.6 Å². The molecular weight excluding hydrogens is 254 g/mol. The van der Waals surface area contributed by atoms with Crippen LogP contribution < -0.4 is 10.1 Å². The number of anilines is 1. The average molecular weight is 271 g/mol. The maximum absolute atomic E-state index is 12.2. The Labute approximate surface area is 118 Å². The van der Waals surface area contributed by atoms with Gasteiger partial charge in [-0.25, -0.2) is 0 Å². The second kappa shape index (κ2) is 5.65. The highest BCUT2D eigenvalue weighted by Gasteiger charge is 2.11. The van der Waals surface area contributed by atoms with Crippen molar-refractivity contribution in [3.05, 3.63) is 53.1 Å². The van der Waals surface area contributed by atoms with Crippen LogP contribution in [0.5, 0.6) is 11.5 Å². The molecule has 4 nitrogen and oxygen atoms in total. The lowest BCUT2D eigenvalue weighted by Gasteiger charge is -2.11. The number of ether oxygens (including phenoxy) is 1. The van der Waals surface area contributed by atoms with Gasteiger partial charge in [0, 0.05) is 11.3 Å². The number of phenolic OH excluding ortho intramolecular Hbond substituents is 1. The van der Waals surface area contributed by atoms with Crippen molar-refractivity contribution in [1.29, 1.82) is 0 Å². The monoisotopic (exact) mass is 271 g/mol. The van der Waals surface area contributed by atoms with Gasteiger partial charge in [0.2, 0.25) is 0 Å². The van der Waals surface area contributed by atoms with E-state index in [2.05, 4.69) is 5.32 Å². The molecule has 0 aliphatic heterocycles. The van der Waals surface area contributed by atoms with E-state index in [9.17, 15) is 9.90 Å². The number of amides is 1. The first kappa shape index (κ1) is 13.9. The first-order chi connectivity index (χ1) is 9.52. The summed E-state index contributed by atoms with van der Waals surface area (Å²) in [5.41, 5.74) is 3.36. The Kier molecular flexibility index (Phi) is 3.94. The number of carbonyl (C=O) groups excluding carboxylic acids is 1. The molecule has 0 heterocycles.